The summed E-state index contributed by atoms with van der Waals surface area (Å²) in [5.74, 6) is 0. The highest BCUT2D eigenvalue weighted by Crippen LogP contribution is 2.33. The lowest BCUT2D eigenvalue weighted by Gasteiger charge is -2.01. The van der Waals surface area contributed by atoms with Crippen LogP contribution in [0.3, 0.4) is 0 Å². The van der Waals surface area contributed by atoms with Gasteiger partial charge in [-0.25, -0.2) is 0 Å². The molecular weight excluding hydrogens is 326 g/mol. The first-order valence-electron chi connectivity index (χ1n) is 5.49. The number of benzene rings is 2. The highest BCUT2D eigenvalue weighted by Gasteiger charge is 2.11. The minimum atomic E-state index is -0.368. The summed E-state index contributed by atoms with van der Waals surface area (Å²) in [5.41, 5.74) is 1.16. The third kappa shape index (κ3) is 3.68. The van der Waals surface area contributed by atoms with Crippen LogP contribution in [0.4, 0.5) is 5.69 Å². The number of hydrogen-bond donors (Lipinski definition) is 0. The topological polar surface area (TPSA) is 43.1 Å². The summed E-state index contributed by atoms with van der Waals surface area (Å²) in [6, 6.07) is 16.5. The van der Waals surface area contributed by atoms with E-state index in [4.69, 9.17) is 0 Å². The molecule has 3 nitrogen and oxygen atoms in total. The molecule has 0 heterocycles. The third-order valence-electron chi connectivity index (χ3n) is 2.40. The van der Waals surface area contributed by atoms with E-state index in [9.17, 15) is 10.1 Å². The quantitative estimate of drug-likeness (QED) is 0.444. The molecule has 0 atom stereocenters. The first-order chi connectivity index (χ1) is 9.18. The normalized spacial score (nSPS) is 11.3. The van der Waals surface area contributed by atoms with Gasteiger partial charge in [-0.1, -0.05) is 54.2 Å². The van der Waals surface area contributed by atoms with Gasteiger partial charge in [0.15, 0.2) is 0 Å². The lowest BCUT2D eigenvalue weighted by molar-refractivity contribution is -0.387. The van der Waals surface area contributed by atoms with Gasteiger partial charge in [0.2, 0.25) is 0 Å². The van der Waals surface area contributed by atoms with Gasteiger partial charge in [-0.2, -0.15) is 0 Å². The van der Waals surface area contributed by atoms with Crippen molar-refractivity contribution in [2.75, 3.05) is 0 Å². The molecule has 19 heavy (non-hydrogen) atoms. The number of nitro benzene ring substituents is 1. The van der Waals surface area contributed by atoms with Crippen molar-refractivity contribution in [3.8, 4) is 0 Å². The van der Waals surface area contributed by atoms with Crippen LogP contribution < -0.4 is 0 Å². The fourth-order valence-electron chi connectivity index (χ4n) is 1.49. The van der Waals surface area contributed by atoms with Crippen LogP contribution in [0.2, 0.25) is 0 Å². The molecule has 0 radical (unpaired) electrons. The summed E-state index contributed by atoms with van der Waals surface area (Å²) in [7, 11) is 0. The van der Waals surface area contributed by atoms with Crippen molar-refractivity contribution in [2.45, 2.75) is 4.90 Å². The Morgan fingerprint density at radius 2 is 1.74 bits per heavy atom. The maximum atomic E-state index is 10.9. The summed E-state index contributed by atoms with van der Waals surface area (Å²) in [5, 5.41) is 12.8. The average molecular weight is 336 g/mol. The van der Waals surface area contributed by atoms with Gasteiger partial charge in [0.25, 0.3) is 5.69 Å². The molecule has 0 N–H and O–H groups in total. The Balaban J connectivity index is 2.21. The lowest BCUT2D eigenvalue weighted by Crippen LogP contribution is -1.89. The van der Waals surface area contributed by atoms with Crippen molar-refractivity contribution in [3.63, 3.8) is 0 Å². The molecule has 2 aromatic carbocycles. The van der Waals surface area contributed by atoms with E-state index >= 15 is 0 Å². The molecule has 0 aliphatic rings. The van der Waals surface area contributed by atoms with Gasteiger partial charge in [-0.05, 0) is 33.0 Å². The number of hydrogen-bond acceptors (Lipinski definition) is 3. The van der Waals surface area contributed by atoms with Crippen LogP contribution in [-0.4, -0.2) is 4.92 Å². The second-order valence-corrected chi connectivity index (χ2v) is 5.44. The van der Waals surface area contributed by atoms with Crippen LogP contribution >= 0.6 is 27.7 Å². The molecule has 2 rings (SSSR count). The van der Waals surface area contributed by atoms with E-state index in [0.29, 0.717) is 4.90 Å². The summed E-state index contributed by atoms with van der Waals surface area (Å²) in [4.78, 5) is 11.2. The molecule has 0 fully saturated rings. The molecule has 96 valence electrons. The number of thioether (sulfide) groups is 1. The Bertz CT molecular complexity index is 614. The summed E-state index contributed by atoms with van der Waals surface area (Å²) >= 11 is 4.80. The van der Waals surface area contributed by atoms with Gasteiger partial charge in [0.1, 0.15) is 0 Å². The van der Waals surface area contributed by atoms with Crippen LogP contribution in [0.1, 0.15) is 5.56 Å². The minimum absolute atomic E-state index is 0.122. The number of nitro groups is 1. The Morgan fingerprint density at radius 1 is 1.11 bits per heavy atom. The molecule has 0 amide bonds. The second kappa shape index (κ2) is 6.54. The van der Waals surface area contributed by atoms with Crippen LogP contribution in [0, 0.1) is 10.1 Å². The summed E-state index contributed by atoms with van der Waals surface area (Å²) in [6.45, 7) is 0. The van der Waals surface area contributed by atoms with Gasteiger partial charge < -0.3 is 0 Å². The Hall–Kier alpha value is -1.59. The molecule has 0 saturated carbocycles. The van der Waals surface area contributed by atoms with E-state index in [-0.39, 0.29) is 10.6 Å². The Kier molecular flexibility index (Phi) is 4.76. The van der Waals surface area contributed by atoms with Crippen molar-refractivity contribution >= 4 is 37.9 Å². The third-order valence-corrected chi connectivity index (χ3v) is 4.34. The highest BCUT2D eigenvalue weighted by atomic mass is 79.9. The van der Waals surface area contributed by atoms with Gasteiger partial charge in [-0.15, -0.1) is 0 Å². The standard InChI is InChI=1S/C14H10BrNO2S/c15-12(11-6-2-1-3-7-11)10-19-14-9-5-4-8-13(14)16(17)18/h1-10H/b12-10+. The van der Waals surface area contributed by atoms with Gasteiger partial charge in [0, 0.05) is 10.5 Å². The Morgan fingerprint density at radius 3 is 2.42 bits per heavy atom. The molecular formula is C14H10BrNO2S. The number of rotatable bonds is 4. The predicted molar refractivity (Wildman–Crippen MR) is 82.3 cm³/mol. The van der Waals surface area contributed by atoms with Crippen LogP contribution in [0.25, 0.3) is 4.48 Å². The Labute approximate surface area is 123 Å². The van der Waals surface area contributed by atoms with E-state index in [1.165, 1.54) is 17.8 Å². The van der Waals surface area contributed by atoms with Gasteiger partial charge >= 0.3 is 0 Å². The highest BCUT2D eigenvalue weighted by molar-refractivity contribution is 9.15. The van der Waals surface area contributed by atoms with E-state index in [1.807, 2.05) is 35.7 Å². The predicted octanol–water partition coefficient (Wildman–Crippen LogP) is 5.08. The van der Waals surface area contributed by atoms with Crippen molar-refractivity contribution in [1.82, 2.24) is 0 Å². The molecule has 0 aliphatic heterocycles. The zero-order chi connectivity index (χ0) is 13.7. The molecule has 0 unspecified atom stereocenters. The number of nitrogens with zero attached hydrogens (tertiary/aromatic N) is 1. The van der Waals surface area contributed by atoms with Crippen molar-refractivity contribution in [3.05, 3.63) is 75.7 Å². The number of halogens is 1. The number of para-hydroxylation sites is 1. The second-order valence-electron chi connectivity index (χ2n) is 3.67. The van der Waals surface area contributed by atoms with Crippen LogP contribution in [0.15, 0.2) is 64.9 Å². The fraction of sp³-hybridized carbons (Fsp3) is 0. The maximum absolute atomic E-state index is 10.9. The van der Waals surface area contributed by atoms with Gasteiger partial charge in [0.05, 0.1) is 9.82 Å². The monoisotopic (exact) mass is 335 g/mol. The van der Waals surface area contributed by atoms with E-state index in [2.05, 4.69) is 15.9 Å². The van der Waals surface area contributed by atoms with E-state index < -0.39 is 0 Å². The molecule has 0 saturated heterocycles. The summed E-state index contributed by atoms with van der Waals surface area (Å²) in [6.07, 6.45) is 0. The average Bonchev–Trinajstić information content (AvgIpc) is 2.46. The zero-order valence-corrected chi connectivity index (χ0v) is 12.2. The van der Waals surface area contributed by atoms with Crippen LogP contribution in [0.5, 0.6) is 0 Å². The first kappa shape index (κ1) is 13.8. The molecule has 2 aromatic rings. The SMILES string of the molecule is O=[N+]([O-])c1ccccc1S/C=C(/Br)c1ccccc1. The largest absolute Gasteiger partial charge is 0.283 e. The van der Waals surface area contributed by atoms with Crippen molar-refractivity contribution in [2.24, 2.45) is 0 Å². The van der Waals surface area contributed by atoms with Crippen LogP contribution in [-0.2, 0) is 0 Å². The van der Waals surface area contributed by atoms with Gasteiger partial charge in [-0.3, -0.25) is 10.1 Å². The maximum Gasteiger partial charge on any atom is 0.283 e. The fourth-order valence-corrected chi connectivity index (χ4v) is 2.82. The summed E-state index contributed by atoms with van der Waals surface area (Å²) < 4.78 is 0.899. The minimum Gasteiger partial charge on any atom is -0.258 e. The molecule has 5 heteroatoms. The lowest BCUT2D eigenvalue weighted by atomic mass is 10.2. The first-order valence-corrected chi connectivity index (χ1v) is 7.17. The smallest absolute Gasteiger partial charge is 0.258 e. The van der Waals surface area contributed by atoms with E-state index in [0.717, 1.165) is 10.0 Å². The molecule has 0 aliphatic carbocycles. The van der Waals surface area contributed by atoms with E-state index in [1.54, 1.807) is 18.2 Å². The molecule has 0 aromatic heterocycles. The molecule has 0 bridgehead atoms. The van der Waals surface area contributed by atoms with Crippen molar-refractivity contribution in [1.29, 1.82) is 0 Å². The van der Waals surface area contributed by atoms with Crippen molar-refractivity contribution < 1.29 is 4.92 Å². The zero-order valence-electron chi connectivity index (χ0n) is 9.82. The molecule has 0 spiro atoms.